The number of carbonyl (C=O) groups is 4. The van der Waals surface area contributed by atoms with Crippen LogP contribution >= 0.6 is 0 Å². The highest BCUT2D eigenvalue weighted by Crippen LogP contribution is 2.56. The molecule has 10 nitrogen and oxygen atoms in total. The molecule has 4 aromatic rings. The molecular formula is C51H54F6O10. The number of aryl methyl sites for hydroxylation is 2. The van der Waals surface area contributed by atoms with Gasteiger partial charge in [0.15, 0.2) is 0 Å². The predicted octanol–water partition coefficient (Wildman–Crippen LogP) is 11.5. The number of hydrogen-bond acceptors (Lipinski definition) is 10. The zero-order valence-corrected chi connectivity index (χ0v) is 37.0. The number of ether oxygens (including phenoxy) is 6. The molecule has 0 radical (unpaired) electrons. The fraction of sp³-hybridized carbons (Fsp3) is 0.373. The largest absolute Gasteiger partial charge is 0.494 e. The summed E-state index contributed by atoms with van der Waals surface area (Å²) in [5, 5.41) is 0. The number of unbranched alkanes of at least 4 members (excludes halogenated alkanes) is 6. The van der Waals surface area contributed by atoms with E-state index < -0.39 is 52.8 Å². The van der Waals surface area contributed by atoms with Crippen molar-refractivity contribution in [2.75, 3.05) is 26.4 Å². The number of alkyl halides is 6. The third kappa shape index (κ3) is 17.0. The van der Waals surface area contributed by atoms with Gasteiger partial charge in [-0.05, 0) is 135 Å². The summed E-state index contributed by atoms with van der Waals surface area (Å²) < 4.78 is 121. The lowest BCUT2D eigenvalue weighted by molar-refractivity contribution is -0.288. The lowest BCUT2D eigenvalue weighted by Gasteiger charge is -2.38. The molecule has 0 aliphatic rings. The smallest absolute Gasteiger partial charge is 0.411 e. The Labute approximate surface area is 385 Å². The molecule has 0 unspecified atom stereocenters. The van der Waals surface area contributed by atoms with Crippen LogP contribution in [-0.4, -0.2) is 62.7 Å². The van der Waals surface area contributed by atoms with Gasteiger partial charge in [0.25, 0.3) is 0 Å². The van der Waals surface area contributed by atoms with Crippen molar-refractivity contribution < 1.29 is 73.9 Å². The van der Waals surface area contributed by atoms with Gasteiger partial charge < -0.3 is 28.4 Å². The van der Waals surface area contributed by atoms with E-state index in [9.17, 15) is 45.5 Å². The number of rotatable bonds is 28. The minimum absolute atomic E-state index is 0.124. The summed E-state index contributed by atoms with van der Waals surface area (Å²) in [6.45, 7) is 8.31. The summed E-state index contributed by atoms with van der Waals surface area (Å²) in [7, 11) is 0. The second kappa shape index (κ2) is 26.5. The molecule has 0 spiro atoms. The quantitative estimate of drug-likeness (QED) is 0.0179. The Balaban J connectivity index is 1.25. The molecule has 67 heavy (non-hydrogen) atoms. The van der Waals surface area contributed by atoms with E-state index in [1.165, 1.54) is 0 Å². The van der Waals surface area contributed by atoms with Gasteiger partial charge in [-0.1, -0.05) is 61.7 Å². The molecule has 0 aliphatic heterocycles. The molecule has 360 valence electrons. The van der Waals surface area contributed by atoms with E-state index in [0.717, 1.165) is 98.9 Å². The van der Waals surface area contributed by atoms with Crippen LogP contribution in [0.1, 0.15) is 86.5 Å². The Hall–Kier alpha value is -6.58. The van der Waals surface area contributed by atoms with Crippen molar-refractivity contribution in [3.63, 3.8) is 0 Å². The van der Waals surface area contributed by atoms with Crippen molar-refractivity contribution in [3.8, 4) is 23.0 Å². The highest BCUT2D eigenvalue weighted by atomic mass is 19.4. The third-order valence-corrected chi connectivity index (χ3v) is 10.4. The van der Waals surface area contributed by atoms with Gasteiger partial charge in [0.1, 0.15) is 23.0 Å². The number of hydrogen-bond donors (Lipinski definition) is 0. The molecule has 0 fully saturated rings. The summed E-state index contributed by atoms with van der Waals surface area (Å²) in [6, 6.07) is 20.0. The SMILES string of the molecule is C=CC(=O)OCCCCCCOc1ccc(CCC(=O)Oc2ccc(C(c3ccc(OC(=O)CCc4ccc(OCCCCCCOC(=O)C=C)cc4)cc3)(C(F)(F)F)C(F)(F)F)cc2)cc1. The van der Waals surface area contributed by atoms with Gasteiger partial charge in [-0.3, -0.25) is 9.59 Å². The summed E-state index contributed by atoms with van der Waals surface area (Å²) >= 11 is 0. The first-order valence-electron chi connectivity index (χ1n) is 21.8. The standard InChI is InChI=1S/C51H54F6O10/c1-3-45(58)64-35-11-7-5-9-33-62-41-23-13-37(14-24-41)17-31-47(60)66-43-27-19-39(20-28-43)49(50(52,53)54,51(55,56)57)40-21-29-44(30-22-40)67-48(61)32-18-38-15-25-42(26-16-38)63-34-10-6-8-12-36-65-46(59)4-2/h3-4,13-16,19-30H,1-2,5-12,17-18,31-36H2. The van der Waals surface area contributed by atoms with E-state index in [0.29, 0.717) is 62.2 Å². The van der Waals surface area contributed by atoms with Crippen molar-refractivity contribution in [2.45, 2.75) is 94.8 Å². The number of carbonyl (C=O) groups excluding carboxylic acids is 4. The van der Waals surface area contributed by atoms with Gasteiger partial charge in [-0.2, -0.15) is 26.3 Å². The van der Waals surface area contributed by atoms with Crippen LogP contribution in [0.15, 0.2) is 122 Å². The zero-order valence-electron chi connectivity index (χ0n) is 37.0. The molecule has 16 heteroatoms. The van der Waals surface area contributed by atoms with Gasteiger partial charge in [0.2, 0.25) is 5.41 Å². The molecule has 4 aromatic carbocycles. The molecule has 0 N–H and O–H groups in total. The van der Waals surface area contributed by atoms with Crippen LogP contribution in [0.3, 0.4) is 0 Å². The first-order chi connectivity index (χ1) is 32.0. The Morgan fingerprint density at radius 1 is 0.433 bits per heavy atom. The number of benzene rings is 4. The van der Waals surface area contributed by atoms with Crippen LogP contribution < -0.4 is 18.9 Å². The summed E-state index contributed by atoms with van der Waals surface area (Å²) in [6.07, 6.45) is -2.71. The molecular weight excluding hydrogens is 887 g/mol. The Bertz CT molecular complexity index is 2030. The number of halogens is 6. The maximum Gasteiger partial charge on any atom is 0.411 e. The first kappa shape index (κ1) is 53.0. The highest BCUT2D eigenvalue weighted by molar-refractivity contribution is 5.81. The normalized spacial score (nSPS) is 11.6. The van der Waals surface area contributed by atoms with Crippen LogP contribution in [0.2, 0.25) is 0 Å². The predicted molar refractivity (Wildman–Crippen MR) is 237 cm³/mol. The molecule has 4 rings (SSSR count). The molecule has 0 heterocycles. The zero-order chi connectivity index (χ0) is 48.7. The summed E-state index contributed by atoms with van der Waals surface area (Å²) in [5.41, 5.74) is -5.27. The molecule has 0 saturated carbocycles. The fourth-order valence-electron chi connectivity index (χ4n) is 6.85. The molecule has 0 aromatic heterocycles. The average molecular weight is 941 g/mol. The fourth-order valence-corrected chi connectivity index (χ4v) is 6.85. The lowest BCUT2D eigenvalue weighted by atomic mass is 9.73. The van der Waals surface area contributed by atoms with Crippen molar-refractivity contribution >= 4 is 23.9 Å². The third-order valence-electron chi connectivity index (χ3n) is 10.4. The van der Waals surface area contributed by atoms with E-state index in [4.69, 9.17) is 28.4 Å². The minimum Gasteiger partial charge on any atom is -0.494 e. The second-order valence-electron chi connectivity index (χ2n) is 15.3. The van der Waals surface area contributed by atoms with E-state index in [2.05, 4.69) is 13.2 Å². The van der Waals surface area contributed by atoms with E-state index in [-0.39, 0.29) is 37.2 Å². The molecule has 0 atom stereocenters. The monoisotopic (exact) mass is 940 g/mol. The van der Waals surface area contributed by atoms with Crippen molar-refractivity contribution in [2.24, 2.45) is 0 Å². The maximum absolute atomic E-state index is 14.8. The Morgan fingerprint density at radius 2 is 0.746 bits per heavy atom. The number of esters is 4. The van der Waals surface area contributed by atoms with E-state index in [1.807, 2.05) is 0 Å². The van der Waals surface area contributed by atoms with Gasteiger partial charge in [-0.25, -0.2) is 9.59 Å². The topological polar surface area (TPSA) is 124 Å². The second-order valence-corrected chi connectivity index (χ2v) is 15.3. The van der Waals surface area contributed by atoms with Crippen LogP contribution in [0, 0.1) is 0 Å². The van der Waals surface area contributed by atoms with Crippen molar-refractivity contribution in [1.29, 1.82) is 0 Å². The lowest BCUT2D eigenvalue weighted by Crippen LogP contribution is -2.54. The Kier molecular flexibility index (Phi) is 21.0. The van der Waals surface area contributed by atoms with Gasteiger partial charge in [0, 0.05) is 25.0 Å². The first-order valence-corrected chi connectivity index (χ1v) is 21.8. The minimum atomic E-state index is -5.88. The molecule has 0 amide bonds. The van der Waals surface area contributed by atoms with Crippen LogP contribution in [-0.2, 0) is 46.9 Å². The van der Waals surface area contributed by atoms with Gasteiger partial charge in [-0.15, -0.1) is 0 Å². The maximum atomic E-state index is 14.8. The van der Waals surface area contributed by atoms with Crippen LogP contribution in [0.25, 0.3) is 0 Å². The molecule has 0 aliphatic carbocycles. The van der Waals surface area contributed by atoms with Gasteiger partial charge in [0.05, 0.1) is 26.4 Å². The van der Waals surface area contributed by atoms with E-state index >= 15 is 0 Å². The Morgan fingerprint density at radius 3 is 1.06 bits per heavy atom. The highest BCUT2D eigenvalue weighted by Gasteiger charge is 2.72. The van der Waals surface area contributed by atoms with Crippen molar-refractivity contribution in [1.82, 2.24) is 0 Å². The van der Waals surface area contributed by atoms with E-state index in [1.54, 1.807) is 48.5 Å². The summed E-state index contributed by atoms with van der Waals surface area (Å²) in [5.74, 6) is -1.64. The van der Waals surface area contributed by atoms with Crippen molar-refractivity contribution in [3.05, 3.63) is 145 Å². The van der Waals surface area contributed by atoms with Crippen LogP contribution in [0.4, 0.5) is 26.3 Å². The van der Waals surface area contributed by atoms with Gasteiger partial charge >= 0.3 is 36.2 Å². The summed E-state index contributed by atoms with van der Waals surface area (Å²) in [4.78, 5) is 47.3. The van der Waals surface area contributed by atoms with Crippen LogP contribution in [0.5, 0.6) is 23.0 Å². The average Bonchev–Trinajstić information content (AvgIpc) is 3.30. The molecule has 0 bridgehead atoms. The molecule has 0 saturated heterocycles.